The maximum atomic E-state index is 12.3. The van der Waals surface area contributed by atoms with Gasteiger partial charge in [0.15, 0.2) is 0 Å². The molecule has 6 aromatic rings. The third-order valence-electron chi connectivity index (χ3n) is 10.7. The van der Waals surface area contributed by atoms with E-state index in [4.69, 9.17) is 9.47 Å². The van der Waals surface area contributed by atoms with Crippen LogP contribution < -0.4 is 9.47 Å². The maximum Gasteiger partial charge on any atom is 0.130 e. The van der Waals surface area contributed by atoms with E-state index in [0.29, 0.717) is 26.1 Å². The van der Waals surface area contributed by atoms with Gasteiger partial charge in [-0.3, -0.25) is 0 Å². The number of ether oxygens (including phenoxy) is 2. The second-order valence-electron chi connectivity index (χ2n) is 17.0. The predicted molar refractivity (Wildman–Crippen MR) is 235 cm³/mol. The first-order valence-corrected chi connectivity index (χ1v) is 20.0. The van der Waals surface area contributed by atoms with E-state index in [1.165, 1.54) is 0 Å². The van der Waals surface area contributed by atoms with Crippen molar-refractivity contribution in [3.05, 3.63) is 143 Å². The second kappa shape index (κ2) is 16.3. The van der Waals surface area contributed by atoms with Crippen LogP contribution >= 0.6 is 0 Å². The molecule has 0 heterocycles. The van der Waals surface area contributed by atoms with Crippen molar-refractivity contribution in [1.29, 1.82) is 0 Å². The topological polar surface area (TPSA) is 58.9 Å². The summed E-state index contributed by atoms with van der Waals surface area (Å²) >= 11 is 0. The fraction of sp³-hybridized carbons (Fsp3) is 0.308. The van der Waals surface area contributed by atoms with Gasteiger partial charge in [0.1, 0.15) is 23.0 Å². The van der Waals surface area contributed by atoms with Gasteiger partial charge in [0.2, 0.25) is 0 Å². The Morgan fingerprint density at radius 1 is 0.446 bits per heavy atom. The number of phenolic OH excluding ortho intramolecular Hbond substituents is 2. The highest BCUT2D eigenvalue weighted by atomic mass is 16.5. The minimum Gasteiger partial charge on any atom is -0.507 e. The molecule has 4 heteroatoms. The SMILES string of the molecule is CCOc1c(C)cc(-c2ccccc2)cc1-c1cc(C(C)(C)C)cc(CCc2cc(C(C)(C)C)cc(-c3cc(-c4ccccc4)cc(C)c3OCC)c2O)c1O. The number of benzene rings is 6. The van der Waals surface area contributed by atoms with E-state index in [1.807, 2.05) is 50.2 Å². The first-order valence-electron chi connectivity index (χ1n) is 20.0. The fourth-order valence-corrected chi connectivity index (χ4v) is 7.53. The van der Waals surface area contributed by atoms with Crippen LogP contribution in [0.3, 0.4) is 0 Å². The van der Waals surface area contributed by atoms with Crippen LogP contribution in [0.2, 0.25) is 0 Å². The summed E-state index contributed by atoms with van der Waals surface area (Å²) in [7, 11) is 0. The molecule has 4 nitrogen and oxygen atoms in total. The highest BCUT2D eigenvalue weighted by Gasteiger charge is 2.26. The van der Waals surface area contributed by atoms with Crippen LogP contribution in [0.25, 0.3) is 44.5 Å². The number of phenols is 2. The van der Waals surface area contributed by atoms with Crippen molar-refractivity contribution in [1.82, 2.24) is 0 Å². The Labute approximate surface area is 334 Å². The standard InChI is InChI=1S/C52H58O4/c1-11-55-49-33(3)25-39(35-19-15-13-16-20-35)29-45(49)43-31-41(51(5,6)7)27-37(47(43)53)23-24-38-28-42(52(8,9)10)32-44(48(38)54)46-30-40(36-21-17-14-18-22-36)26-34(4)50(46)56-12-2/h13-22,25-32,53-54H,11-12,23-24H2,1-10H3. The van der Waals surface area contributed by atoms with E-state index in [2.05, 4.69) is 128 Å². The lowest BCUT2D eigenvalue weighted by molar-refractivity contribution is 0.339. The Morgan fingerprint density at radius 3 is 1.12 bits per heavy atom. The average Bonchev–Trinajstić information content (AvgIpc) is 3.16. The zero-order valence-electron chi connectivity index (χ0n) is 34.9. The lowest BCUT2D eigenvalue weighted by Crippen LogP contribution is -2.13. The minimum absolute atomic E-state index is 0.187. The van der Waals surface area contributed by atoms with Gasteiger partial charge in [-0.05, 0) is 143 Å². The van der Waals surface area contributed by atoms with Crippen molar-refractivity contribution in [2.45, 2.75) is 92.9 Å². The van der Waals surface area contributed by atoms with Crippen LogP contribution in [0.1, 0.15) is 88.8 Å². The molecule has 0 saturated carbocycles. The van der Waals surface area contributed by atoms with Gasteiger partial charge in [-0.15, -0.1) is 0 Å². The van der Waals surface area contributed by atoms with Crippen molar-refractivity contribution in [3.63, 3.8) is 0 Å². The summed E-state index contributed by atoms with van der Waals surface area (Å²) in [5.74, 6) is 2.02. The number of aryl methyl sites for hydroxylation is 4. The third-order valence-corrected chi connectivity index (χ3v) is 10.7. The van der Waals surface area contributed by atoms with Crippen LogP contribution in [0.4, 0.5) is 0 Å². The molecule has 0 unspecified atom stereocenters. The summed E-state index contributed by atoms with van der Waals surface area (Å²) in [6, 6.07) is 37.8. The molecule has 2 N–H and O–H groups in total. The van der Waals surface area contributed by atoms with Crippen LogP contribution in [-0.4, -0.2) is 23.4 Å². The van der Waals surface area contributed by atoms with E-state index in [-0.39, 0.29) is 22.3 Å². The Balaban J connectivity index is 1.50. The predicted octanol–water partition coefficient (Wildman–Crippen LogP) is 13.6. The molecular weight excluding hydrogens is 689 g/mol. The third kappa shape index (κ3) is 8.50. The molecule has 290 valence electrons. The number of hydrogen-bond donors (Lipinski definition) is 2. The number of rotatable bonds is 11. The van der Waals surface area contributed by atoms with Crippen LogP contribution in [0.5, 0.6) is 23.0 Å². The molecule has 56 heavy (non-hydrogen) atoms. The van der Waals surface area contributed by atoms with Gasteiger partial charge in [0.05, 0.1) is 13.2 Å². The Kier molecular flexibility index (Phi) is 11.7. The monoisotopic (exact) mass is 746 g/mol. The minimum atomic E-state index is -0.187. The van der Waals surface area contributed by atoms with E-state index < -0.39 is 0 Å². The Morgan fingerprint density at radius 2 is 0.804 bits per heavy atom. The largest absolute Gasteiger partial charge is 0.507 e. The zero-order chi connectivity index (χ0) is 40.4. The van der Waals surface area contributed by atoms with Crippen molar-refractivity contribution in [2.75, 3.05) is 13.2 Å². The van der Waals surface area contributed by atoms with Gasteiger partial charge in [0.25, 0.3) is 0 Å². The summed E-state index contributed by atoms with van der Waals surface area (Å²) in [5.41, 5.74) is 13.1. The van der Waals surface area contributed by atoms with E-state index >= 15 is 0 Å². The Hall–Kier alpha value is -5.48. The quantitative estimate of drug-likeness (QED) is 0.139. The van der Waals surface area contributed by atoms with Gasteiger partial charge in [0, 0.05) is 22.3 Å². The number of hydrogen-bond acceptors (Lipinski definition) is 4. The molecule has 0 atom stereocenters. The fourth-order valence-electron chi connectivity index (χ4n) is 7.53. The summed E-state index contributed by atoms with van der Waals surface area (Å²) < 4.78 is 12.6. The first-order chi connectivity index (χ1) is 26.6. The van der Waals surface area contributed by atoms with E-state index in [1.54, 1.807) is 0 Å². The lowest BCUT2D eigenvalue weighted by atomic mass is 9.81. The molecule has 0 spiro atoms. The van der Waals surface area contributed by atoms with Crippen molar-refractivity contribution in [3.8, 4) is 67.5 Å². The van der Waals surface area contributed by atoms with Crippen molar-refractivity contribution in [2.24, 2.45) is 0 Å². The molecule has 0 aliphatic rings. The van der Waals surface area contributed by atoms with E-state index in [9.17, 15) is 10.2 Å². The molecule has 0 aliphatic heterocycles. The zero-order valence-corrected chi connectivity index (χ0v) is 34.9. The van der Waals surface area contributed by atoms with Gasteiger partial charge in [-0.1, -0.05) is 114 Å². The van der Waals surface area contributed by atoms with Crippen LogP contribution in [0.15, 0.2) is 109 Å². The molecule has 0 aliphatic carbocycles. The second-order valence-corrected chi connectivity index (χ2v) is 17.0. The van der Waals surface area contributed by atoms with Crippen molar-refractivity contribution < 1.29 is 19.7 Å². The molecule has 0 aromatic heterocycles. The van der Waals surface area contributed by atoms with Crippen molar-refractivity contribution >= 4 is 0 Å². The molecule has 0 fully saturated rings. The maximum absolute atomic E-state index is 12.3. The molecule has 0 radical (unpaired) electrons. The normalized spacial score (nSPS) is 11.8. The summed E-state index contributed by atoms with van der Waals surface area (Å²) in [4.78, 5) is 0. The van der Waals surface area contributed by atoms with Gasteiger partial charge in [-0.25, -0.2) is 0 Å². The van der Waals surface area contributed by atoms with Gasteiger partial charge in [-0.2, -0.15) is 0 Å². The highest BCUT2D eigenvalue weighted by molar-refractivity contribution is 5.85. The summed E-state index contributed by atoms with van der Waals surface area (Å²) in [6.07, 6.45) is 1.04. The van der Waals surface area contributed by atoms with Crippen LogP contribution in [0, 0.1) is 13.8 Å². The summed E-state index contributed by atoms with van der Waals surface area (Å²) in [6.45, 7) is 22.4. The average molecular weight is 747 g/mol. The Bertz CT molecular complexity index is 2160. The van der Waals surface area contributed by atoms with Gasteiger partial charge >= 0.3 is 0 Å². The van der Waals surface area contributed by atoms with Crippen LogP contribution in [-0.2, 0) is 23.7 Å². The molecule has 6 aromatic carbocycles. The molecule has 0 bridgehead atoms. The molecule has 6 rings (SSSR count). The summed E-state index contributed by atoms with van der Waals surface area (Å²) in [5, 5.41) is 24.5. The van der Waals surface area contributed by atoms with E-state index in [0.717, 1.165) is 89.4 Å². The number of aromatic hydroxyl groups is 2. The van der Waals surface area contributed by atoms with Gasteiger partial charge < -0.3 is 19.7 Å². The molecular formula is C52H58O4. The first kappa shape index (κ1) is 40.2. The lowest BCUT2D eigenvalue weighted by Gasteiger charge is -2.25. The molecule has 0 amide bonds. The molecule has 0 saturated heterocycles. The highest BCUT2D eigenvalue weighted by Crippen LogP contribution is 2.47. The smallest absolute Gasteiger partial charge is 0.130 e.